The van der Waals surface area contributed by atoms with Crippen molar-refractivity contribution in [2.24, 2.45) is 0 Å². The zero-order valence-electron chi connectivity index (χ0n) is 18.8. The Morgan fingerprint density at radius 1 is 0.970 bits per heavy atom. The van der Waals surface area contributed by atoms with E-state index in [1.807, 2.05) is 48.5 Å². The second-order valence-corrected chi connectivity index (χ2v) is 7.91. The third kappa shape index (κ3) is 6.49. The van der Waals surface area contributed by atoms with Crippen LogP contribution in [0.3, 0.4) is 0 Å². The molecule has 3 aromatic rings. The molecule has 1 saturated heterocycles. The molecule has 0 spiro atoms. The van der Waals surface area contributed by atoms with E-state index in [-0.39, 0.29) is 12.0 Å². The number of amides is 1. The van der Waals surface area contributed by atoms with Crippen LogP contribution in [0.2, 0.25) is 0 Å². The lowest BCUT2D eigenvalue weighted by molar-refractivity contribution is 0.0669. The fourth-order valence-electron chi connectivity index (χ4n) is 3.63. The molecule has 1 fully saturated rings. The van der Waals surface area contributed by atoms with Crippen molar-refractivity contribution in [1.29, 1.82) is 0 Å². The quantitative estimate of drug-likeness (QED) is 0.485. The molecule has 6 nitrogen and oxygen atoms in total. The van der Waals surface area contributed by atoms with Crippen molar-refractivity contribution in [3.8, 4) is 17.2 Å². The molecule has 1 atom stereocenters. The summed E-state index contributed by atoms with van der Waals surface area (Å²) in [5, 5.41) is 2.94. The topological polar surface area (TPSA) is 66.0 Å². The predicted octanol–water partition coefficient (Wildman–Crippen LogP) is 4.76. The summed E-state index contributed by atoms with van der Waals surface area (Å²) in [5.74, 6) is 1.88. The minimum atomic E-state index is -0.151. The van der Waals surface area contributed by atoms with E-state index < -0.39 is 0 Å². The number of methoxy groups -OCH3 is 1. The van der Waals surface area contributed by atoms with Gasteiger partial charge >= 0.3 is 0 Å². The third-order valence-corrected chi connectivity index (χ3v) is 5.49. The summed E-state index contributed by atoms with van der Waals surface area (Å²) in [6, 6.07) is 22.8. The fourth-order valence-corrected chi connectivity index (χ4v) is 3.63. The van der Waals surface area contributed by atoms with Gasteiger partial charge in [-0.15, -0.1) is 0 Å². The van der Waals surface area contributed by atoms with Gasteiger partial charge in [-0.2, -0.15) is 0 Å². The zero-order valence-corrected chi connectivity index (χ0v) is 18.8. The molecule has 1 amide bonds. The Labute approximate surface area is 194 Å². The van der Waals surface area contributed by atoms with Crippen molar-refractivity contribution in [2.75, 3.05) is 20.3 Å². The molecule has 3 aromatic carbocycles. The average molecular weight is 448 g/mol. The third-order valence-electron chi connectivity index (χ3n) is 5.49. The molecule has 1 unspecified atom stereocenters. The monoisotopic (exact) mass is 447 g/mol. The molecule has 0 aromatic heterocycles. The minimum Gasteiger partial charge on any atom is -0.493 e. The second kappa shape index (κ2) is 11.4. The molecule has 6 heteroatoms. The number of benzene rings is 3. The van der Waals surface area contributed by atoms with Gasteiger partial charge in [0.2, 0.25) is 0 Å². The van der Waals surface area contributed by atoms with Crippen molar-refractivity contribution < 1.29 is 23.7 Å². The number of carbonyl (C=O) groups is 1. The van der Waals surface area contributed by atoms with Gasteiger partial charge in [-0.05, 0) is 60.4 Å². The maximum Gasteiger partial charge on any atom is 0.251 e. The van der Waals surface area contributed by atoms with Gasteiger partial charge in [0.1, 0.15) is 19.0 Å². The first-order valence-corrected chi connectivity index (χ1v) is 11.2. The van der Waals surface area contributed by atoms with E-state index in [0.717, 1.165) is 36.3 Å². The van der Waals surface area contributed by atoms with Gasteiger partial charge in [-0.1, -0.05) is 36.4 Å². The number of ether oxygens (including phenoxy) is 4. The maximum atomic E-state index is 12.6. The molecule has 172 valence electrons. The SMILES string of the molecule is COc1cc(CNC(=O)c2ccc(OCc3ccccc3)cc2)ccc1OCC1CCCO1. The molecule has 1 aliphatic rings. The number of nitrogens with one attached hydrogen (secondary N) is 1. The summed E-state index contributed by atoms with van der Waals surface area (Å²) in [7, 11) is 1.61. The Bertz CT molecular complexity index is 1030. The van der Waals surface area contributed by atoms with Crippen molar-refractivity contribution in [3.63, 3.8) is 0 Å². The molecule has 1 aliphatic heterocycles. The summed E-state index contributed by atoms with van der Waals surface area (Å²) in [5.41, 5.74) is 2.59. The highest BCUT2D eigenvalue weighted by atomic mass is 16.5. The first-order valence-electron chi connectivity index (χ1n) is 11.2. The van der Waals surface area contributed by atoms with E-state index in [4.69, 9.17) is 18.9 Å². The van der Waals surface area contributed by atoms with E-state index in [0.29, 0.717) is 36.8 Å². The Morgan fingerprint density at radius 2 is 1.79 bits per heavy atom. The number of hydrogen-bond donors (Lipinski definition) is 1. The van der Waals surface area contributed by atoms with Crippen LogP contribution in [0.5, 0.6) is 17.2 Å². The van der Waals surface area contributed by atoms with Crippen molar-refractivity contribution in [1.82, 2.24) is 5.32 Å². The molecule has 33 heavy (non-hydrogen) atoms. The van der Waals surface area contributed by atoms with Gasteiger partial charge < -0.3 is 24.3 Å². The second-order valence-electron chi connectivity index (χ2n) is 7.91. The van der Waals surface area contributed by atoms with E-state index in [1.54, 1.807) is 31.4 Å². The largest absolute Gasteiger partial charge is 0.493 e. The Balaban J connectivity index is 1.27. The number of rotatable bonds is 10. The zero-order chi connectivity index (χ0) is 22.9. The lowest BCUT2D eigenvalue weighted by Gasteiger charge is -2.15. The van der Waals surface area contributed by atoms with Gasteiger partial charge in [0.05, 0.1) is 13.2 Å². The van der Waals surface area contributed by atoms with Gasteiger partial charge in [-0.25, -0.2) is 0 Å². The highest BCUT2D eigenvalue weighted by molar-refractivity contribution is 5.94. The molecule has 0 bridgehead atoms. The average Bonchev–Trinajstić information content (AvgIpc) is 3.39. The van der Waals surface area contributed by atoms with Gasteiger partial charge in [0.15, 0.2) is 11.5 Å². The molecule has 0 radical (unpaired) electrons. The summed E-state index contributed by atoms with van der Waals surface area (Å²) < 4.78 is 22.7. The van der Waals surface area contributed by atoms with Crippen LogP contribution < -0.4 is 19.5 Å². The fraction of sp³-hybridized carbons (Fsp3) is 0.296. The van der Waals surface area contributed by atoms with E-state index in [1.165, 1.54) is 0 Å². The summed E-state index contributed by atoms with van der Waals surface area (Å²) in [4.78, 5) is 12.6. The van der Waals surface area contributed by atoms with E-state index in [9.17, 15) is 4.79 Å². The summed E-state index contributed by atoms with van der Waals surface area (Å²) in [6.45, 7) is 2.18. The molecule has 0 aliphatic carbocycles. The highest BCUT2D eigenvalue weighted by Crippen LogP contribution is 2.29. The Morgan fingerprint density at radius 3 is 2.52 bits per heavy atom. The first kappa shape index (κ1) is 22.7. The van der Waals surface area contributed by atoms with Crippen molar-refractivity contribution in [2.45, 2.75) is 32.1 Å². The van der Waals surface area contributed by atoms with Crippen LogP contribution in [-0.2, 0) is 17.9 Å². The van der Waals surface area contributed by atoms with Crippen LogP contribution in [0.1, 0.15) is 34.3 Å². The van der Waals surface area contributed by atoms with Crippen molar-refractivity contribution >= 4 is 5.91 Å². The molecule has 0 saturated carbocycles. The Hall–Kier alpha value is -3.51. The van der Waals surface area contributed by atoms with Gasteiger partial charge in [0.25, 0.3) is 5.91 Å². The Kier molecular flexibility index (Phi) is 7.82. The lowest BCUT2D eigenvalue weighted by atomic mass is 10.1. The van der Waals surface area contributed by atoms with Crippen LogP contribution >= 0.6 is 0 Å². The maximum absolute atomic E-state index is 12.6. The van der Waals surface area contributed by atoms with Crippen LogP contribution in [-0.4, -0.2) is 32.3 Å². The number of carbonyl (C=O) groups excluding carboxylic acids is 1. The molecule has 1 N–H and O–H groups in total. The van der Waals surface area contributed by atoms with Gasteiger partial charge in [-0.3, -0.25) is 4.79 Å². The van der Waals surface area contributed by atoms with Crippen LogP contribution in [0, 0.1) is 0 Å². The predicted molar refractivity (Wildman–Crippen MR) is 126 cm³/mol. The lowest BCUT2D eigenvalue weighted by Crippen LogP contribution is -2.22. The van der Waals surface area contributed by atoms with E-state index >= 15 is 0 Å². The molecular weight excluding hydrogens is 418 g/mol. The summed E-state index contributed by atoms with van der Waals surface area (Å²) in [6.07, 6.45) is 2.24. The van der Waals surface area contributed by atoms with Crippen LogP contribution in [0.4, 0.5) is 0 Å². The highest BCUT2D eigenvalue weighted by Gasteiger charge is 2.17. The van der Waals surface area contributed by atoms with Crippen molar-refractivity contribution in [3.05, 3.63) is 89.5 Å². The summed E-state index contributed by atoms with van der Waals surface area (Å²) >= 11 is 0. The van der Waals surface area contributed by atoms with Crippen LogP contribution in [0.25, 0.3) is 0 Å². The molecule has 1 heterocycles. The standard InChI is InChI=1S/C27H29NO5/c1-30-26-16-21(9-14-25(26)33-19-24-8-5-15-31-24)17-28-27(29)22-10-12-23(13-11-22)32-18-20-6-3-2-4-7-20/h2-4,6-7,9-14,16,24H,5,8,15,17-19H2,1H3,(H,28,29). The molecular formula is C27H29NO5. The first-order chi connectivity index (χ1) is 16.2. The van der Waals surface area contributed by atoms with E-state index in [2.05, 4.69) is 5.32 Å². The minimum absolute atomic E-state index is 0.142. The smallest absolute Gasteiger partial charge is 0.251 e. The van der Waals surface area contributed by atoms with Gasteiger partial charge in [0, 0.05) is 18.7 Å². The van der Waals surface area contributed by atoms with Crippen LogP contribution in [0.15, 0.2) is 72.8 Å². The molecule has 4 rings (SSSR count). The number of hydrogen-bond acceptors (Lipinski definition) is 5. The normalized spacial score (nSPS) is 15.1.